The van der Waals surface area contributed by atoms with Gasteiger partial charge in [-0.3, -0.25) is 9.59 Å². The quantitative estimate of drug-likeness (QED) is 0.858. The predicted octanol–water partition coefficient (Wildman–Crippen LogP) is 3.32. The maximum absolute atomic E-state index is 12.4. The monoisotopic (exact) mass is 279 g/mol. The zero-order chi connectivity index (χ0) is 14.9. The lowest BCUT2D eigenvalue weighted by molar-refractivity contribution is -0.130. The molecule has 0 aromatic carbocycles. The first-order valence-corrected chi connectivity index (χ1v) is 8.11. The van der Waals surface area contributed by atoms with E-state index < -0.39 is 0 Å². The van der Waals surface area contributed by atoms with Crippen molar-refractivity contribution in [2.45, 2.75) is 72.3 Å². The van der Waals surface area contributed by atoms with Gasteiger partial charge in [0.2, 0.25) is 5.91 Å². The van der Waals surface area contributed by atoms with Gasteiger partial charge in [0.05, 0.1) is 6.04 Å². The van der Waals surface area contributed by atoms with E-state index in [2.05, 4.69) is 5.32 Å². The largest absolute Gasteiger partial charge is 0.346 e. The van der Waals surface area contributed by atoms with Gasteiger partial charge in [-0.25, -0.2) is 0 Å². The van der Waals surface area contributed by atoms with Gasteiger partial charge in [0.15, 0.2) is 5.78 Å². The molecule has 2 fully saturated rings. The van der Waals surface area contributed by atoms with Gasteiger partial charge in [0.1, 0.15) is 0 Å². The zero-order valence-electron chi connectivity index (χ0n) is 13.4. The highest BCUT2D eigenvalue weighted by atomic mass is 16.2. The van der Waals surface area contributed by atoms with E-state index in [1.54, 1.807) is 6.92 Å². The third kappa shape index (κ3) is 3.62. The van der Waals surface area contributed by atoms with Crippen molar-refractivity contribution >= 4 is 11.7 Å². The first kappa shape index (κ1) is 15.5. The van der Waals surface area contributed by atoms with E-state index in [1.165, 1.54) is 32.1 Å². The molecule has 0 aromatic rings. The summed E-state index contributed by atoms with van der Waals surface area (Å²) in [4.78, 5) is 24.1. The van der Waals surface area contributed by atoms with Crippen LogP contribution < -0.4 is 5.32 Å². The fourth-order valence-electron chi connectivity index (χ4n) is 3.78. The summed E-state index contributed by atoms with van der Waals surface area (Å²) in [5.41, 5.74) is -0.212. The second kappa shape index (κ2) is 5.87. The zero-order valence-corrected chi connectivity index (χ0v) is 13.4. The average Bonchev–Trinajstić information content (AvgIpc) is 3.15. The van der Waals surface area contributed by atoms with Crippen molar-refractivity contribution in [1.29, 1.82) is 0 Å². The van der Waals surface area contributed by atoms with Crippen LogP contribution in [-0.4, -0.2) is 17.7 Å². The van der Waals surface area contributed by atoms with Crippen LogP contribution in [0.5, 0.6) is 0 Å². The maximum atomic E-state index is 12.4. The Labute approximate surface area is 122 Å². The van der Waals surface area contributed by atoms with Crippen LogP contribution in [0.4, 0.5) is 0 Å². The van der Waals surface area contributed by atoms with Gasteiger partial charge >= 0.3 is 0 Å². The number of carbonyl (C=O) groups is 2. The van der Waals surface area contributed by atoms with Crippen LogP contribution in [0.1, 0.15) is 66.2 Å². The topological polar surface area (TPSA) is 46.2 Å². The molecule has 2 saturated carbocycles. The number of hydrogen-bond donors (Lipinski definition) is 1. The highest BCUT2D eigenvalue weighted by Crippen LogP contribution is 2.49. The Morgan fingerprint density at radius 1 is 1.10 bits per heavy atom. The average molecular weight is 279 g/mol. The Morgan fingerprint density at radius 3 is 2.20 bits per heavy atom. The maximum Gasteiger partial charge on any atom is 0.224 e. The molecule has 1 amide bonds. The Bertz CT molecular complexity index is 377. The number of carbonyl (C=O) groups excluding carboxylic acids is 2. The number of amides is 1. The summed E-state index contributed by atoms with van der Waals surface area (Å²) in [6.45, 7) is 7.59. The summed E-state index contributed by atoms with van der Waals surface area (Å²) in [5, 5.41) is 3.00. The van der Waals surface area contributed by atoms with Crippen LogP contribution in [0, 0.1) is 23.2 Å². The summed E-state index contributed by atoms with van der Waals surface area (Å²) in [6, 6.07) is -0.359. The summed E-state index contributed by atoms with van der Waals surface area (Å²) in [5.74, 6) is 1.67. The summed E-state index contributed by atoms with van der Waals surface area (Å²) < 4.78 is 0. The molecule has 0 spiro atoms. The SMILES string of the molecule is CC(=O)[C@@H](NC(=O)[C@@H]1CC1C1CCCCC1)C(C)(C)C. The first-order chi connectivity index (χ1) is 9.30. The fourth-order valence-corrected chi connectivity index (χ4v) is 3.78. The van der Waals surface area contributed by atoms with Gasteiger partial charge in [0.25, 0.3) is 0 Å². The second-order valence-electron chi connectivity index (χ2n) is 7.82. The van der Waals surface area contributed by atoms with E-state index in [1.807, 2.05) is 20.8 Å². The molecular formula is C17H29NO2. The van der Waals surface area contributed by atoms with Crippen LogP contribution in [0.25, 0.3) is 0 Å². The van der Waals surface area contributed by atoms with Crippen molar-refractivity contribution in [3.8, 4) is 0 Å². The first-order valence-electron chi connectivity index (χ1n) is 8.11. The molecule has 0 radical (unpaired) electrons. The number of Topliss-reactive ketones (excluding diaryl/α,β-unsaturated/α-hetero) is 1. The van der Waals surface area contributed by atoms with E-state index in [-0.39, 0.29) is 29.1 Å². The molecule has 3 heteroatoms. The molecule has 2 rings (SSSR count). The van der Waals surface area contributed by atoms with Crippen LogP contribution in [-0.2, 0) is 9.59 Å². The van der Waals surface area contributed by atoms with Crippen molar-refractivity contribution in [3.63, 3.8) is 0 Å². The molecule has 114 valence electrons. The lowest BCUT2D eigenvalue weighted by Crippen LogP contribution is -2.49. The molecule has 0 aromatic heterocycles. The van der Waals surface area contributed by atoms with E-state index in [9.17, 15) is 9.59 Å². The molecular weight excluding hydrogens is 250 g/mol. The minimum absolute atomic E-state index is 0.0562. The smallest absolute Gasteiger partial charge is 0.224 e. The van der Waals surface area contributed by atoms with Gasteiger partial charge in [-0.1, -0.05) is 52.9 Å². The lowest BCUT2D eigenvalue weighted by Gasteiger charge is -2.29. The predicted molar refractivity (Wildman–Crippen MR) is 80.2 cm³/mol. The molecule has 0 bridgehead atoms. The molecule has 0 saturated heterocycles. The minimum Gasteiger partial charge on any atom is -0.346 e. The van der Waals surface area contributed by atoms with Gasteiger partial charge in [0, 0.05) is 5.92 Å². The number of ketones is 1. The highest BCUT2D eigenvalue weighted by Gasteiger charge is 2.48. The Balaban J connectivity index is 1.88. The molecule has 1 N–H and O–H groups in total. The fraction of sp³-hybridized carbons (Fsp3) is 0.882. The number of hydrogen-bond acceptors (Lipinski definition) is 2. The second-order valence-corrected chi connectivity index (χ2v) is 7.82. The highest BCUT2D eigenvalue weighted by molar-refractivity contribution is 5.90. The number of rotatable bonds is 4. The van der Waals surface area contributed by atoms with E-state index >= 15 is 0 Å². The molecule has 20 heavy (non-hydrogen) atoms. The summed E-state index contributed by atoms with van der Waals surface area (Å²) in [7, 11) is 0. The lowest BCUT2D eigenvalue weighted by atomic mass is 9.83. The van der Waals surface area contributed by atoms with Crippen molar-refractivity contribution in [1.82, 2.24) is 5.32 Å². The molecule has 0 heterocycles. The normalized spacial score (nSPS) is 28.8. The minimum atomic E-state index is -0.359. The van der Waals surface area contributed by atoms with Gasteiger partial charge < -0.3 is 5.32 Å². The van der Waals surface area contributed by atoms with Gasteiger partial charge in [-0.15, -0.1) is 0 Å². The van der Waals surface area contributed by atoms with Gasteiger partial charge in [-0.05, 0) is 30.6 Å². The summed E-state index contributed by atoms with van der Waals surface area (Å²) in [6.07, 6.45) is 7.64. The van der Waals surface area contributed by atoms with E-state index in [4.69, 9.17) is 0 Å². The summed E-state index contributed by atoms with van der Waals surface area (Å²) >= 11 is 0. The molecule has 2 aliphatic rings. The third-order valence-electron chi connectivity index (χ3n) is 4.99. The van der Waals surface area contributed by atoms with Crippen LogP contribution in [0.3, 0.4) is 0 Å². The third-order valence-corrected chi connectivity index (χ3v) is 4.99. The van der Waals surface area contributed by atoms with E-state index in [0.29, 0.717) is 5.92 Å². The molecule has 0 aliphatic heterocycles. The standard InChI is InChI=1S/C17H29NO2/c1-11(19)15(17(2,3)4)18-16(20)14-10-13(14)12-8-6-5-7-9-12/h12-15H,5-10H2,1-4H3,(H,18,20)/t13?,14-,15-/m1/s1. The molecule has 3 atom stereocenters. The Hall–Kier alpha value is -0.860. The van der Waals surface area contributed by atoms with Crippen molar-refractivity contribution in [3.05, 3.63) is 0 Å². The number of nitrogens with one attached hydrogen (secondary N) is 1. The Morgan fingerprint density at radius 2 is 1.70 bits per heavy atom. The molecule has 3 nitrogen and oxygen atoms in total. The van der Waals surface area contributed by atoms with E-state index in [0.717, 1.165) is 12.3 Å². The van der Waals surface area contributed by atoms with Crippen molar-refractivity contribution in [2.24, 2.45) is 23.2 Å². The molecule has 1 unspecified atom stereocenters. The van der Waals surface area contributed by atoms with Crippen molar-refractivity contribution < 1.29 is 9.59 Å². The van der Waals surface area contributed by atoms with Crippen LogP contribution >= 0.6 is 0 Å². The van der Waals surface area contributed by atoms with Crippen LogP contribution in [0.2, 0.25) is 0 Å². The van der Waals surface area contributed by atoms with Crippen LogP contribution in [0.15, 0.2) is 0 Å². The van der Waals surface area contributed by atoms with Crippen molar-refractivity contribution in [2.75, 3.05) is 0 Å². The van der Waals surface area contributed by atoms with Gasteiger partial charge in [-0.2, -0.15) is 0 Å². The molecule has 2 aliphatic carbocycles. The Kier molecular flexibility index (Phi) is 4.55.